The first-order chi connectivity index (χ1) is 27.9. The molecule has 0 saturated carbocycles. The predicted molar refractivity (Wildman–Crippen MR) is 217 cm³/mol. The summed E-state index contributed by atoms with van der Waals surface area (Å²) in [6.07, 6.45) is 14.1. The average molecular weight is 803 g/mol. The number of aryl methyl sites for hydroxylation is 1. The number of phenols is 1. The predicted octanol–water partition coefficient (Wildman–Crippen LogP) is 6.46. The van der Waals surface area contributed by atoms with Crippen molar-refractivity contribution in [1.29, 1.82) is 0 Å². The van der Waals surface area contributed by atoms with E-state index in [9.17, 15) is 39.0 Å². The lowest BCUT2D eigenvalue weighted by molar-refractivity contribution is -0.189. The third-order valence-corrected chi connectivity index (χ3v) is 11.4. The summed E-state index contributed by atoms with van der Waals surface area (Å²) in [7, 11) is 0. The van der Waals surface area contributed by atoms with E-state index in [1.165, 1.54) is 57.4 Å². The van der Waals surface area contributed by atoms with Gasteiger partial charge < -0.3 is 34.9 Å². The Balaban J connectivity index is 1.13. The molecule has 0 bridgehead atoms. The van der Waals surface area contributed by atoms with Gasteiger partial charge in [-0.05, 0) is 55.5 Å². The van der Waals surface area contributed by atoms with Crippen LogP contribution in [0.5, 0.6) is 5.75 Å². The summed E-state index contributed by atoms with van der Waals surface area (Å²) >= 11 is 0. The summed E-state index contributed by atoms with van der Waals surface area (Å²) in [6.45, 7) is 5.08. The normalized spacial score (nSPS) is 15.9. The number of aromatic hydroxyl groups is 1. The van der Waals surface area contributed by atoms with Crippen LogP contribution in [0.1, 0.15) is 146 Å². The number of unbranched alkanes of at least 4 members (excludes halogenated alkanes) is 11. The van der Waals surface area contributed by atoms with Gasteiger partial charge in [-0.1, -0.05) is 91.4 Å². The maximum atomic E-state index is 14.0. The minimum absolute atomic E-state index is 0.0713. The molecule has 314 valence electrons. The zero-order valence-electron chi connectivity index (χ0n) is 34.1. The van der Waals surface area contributed by atoms with E-state index in [0.717, 1.165) is 35.8 Å². The molecule has 0 fully saturated rings. The highest BCUT2D eigenvalue weighted by Gasteiger charge is 2.50. The van der Waals surface area contributed by atoms with E-state index in [1.54, 1.807) is 29.7 Å². The molecule has 2 aromatic heterocycles. The average Bonchev–Trinajstić information content (AvgIpc) is 3.57. The number of fused-ring (bicyclic) bond motifs is 5. The number of aromatic nitrogens is 2. The Morgan fingerprint density at radius 1 is 0.897 bits per heavy atom. The number of esters is 2. The molecule has 1 aromatic carbocycles. The van der Waals surface area contributed by atoms with Gasteiger partial charge in [-0.2, -0.15) is 0 Å². The van der Waals surface area contributed by atoms with Crippen LogP contribution in [0.4, 0.5) is 0 Å². The van der Waals surface area contributed by atoms with Crippen LogP contribution in [0, 0.1) is 0 Å². The van der Waals surface area contributed by atoms with Gasteiger partial charge in [0, 0.05) is 29.4 Å². The van der Waals surface area contributed by atoms with Crippen LogP contribution in [0.15, 0.2) is 29.1 Å². The smallest absolute Gasteiger partial charge is 0.355 e. The van der Waals surface area contributed by atoms with Gasteiger partial charge in [-0.25, -0.2) is 14.6 Å². The van der Waals surface area contributed by atoms with Gasteiger partial charge in [0.2, 0.25) is 17.4 Å². The van der Waals surface area contributed by atoms with Crippen molar-refractivity contribution in [2.45, 2.75) is 155 Å². The number of benzene rings is 1. The molecule has 0 unspecified atom stereocenters. The van der Waals surface area contributed by atoms with Crippen LogP contribution < -0.4 is 16.2 Å². The molecule has 5 rings (SSSR count). The first-order valence-corrected chi connectivity index (χ1v) is 21.0. The van der Waals surface area contributed by atoms with E-state index >= 15 is 0 Å². The number of amides is 2. The van der Waals surface area contributed by atoms with E-state index in [0.29, 0.717) is 29.7 Å². The van der Waals surface area contributed by atoms with Crippen molar-refractivity contribution in [2.24, 2.45) is 0 Å². The molecule has 4 N–H and O–H groups in total. The molecule has 2 aliphatic heterocycles. The number of rotatable bonds is 23. The summed E-state index contributed by atoms with van der Waals surface area (Å²) in [5.74, 6) is -4.04. The SMILES string of the molecule is CCCCCCCCCCCCCCC(=O)N[C@@H](CCC(=O)NCC(=O)O[C@]1(CC)C(=O)OCc2c1cc1n(c2=O)Cc2c-1nc1ccc(O)cc1c2CC)C(=O)O. The van der Waals surface area contributed by atoms with Crippen LogP contribution in [0.3, 0.4) is 0 Å². The van der Waals surface area contributed by atoms with Gasteiger partial charge in [-0.15, -0.1) is 0 Å². The molecule has 4 heterocycles. The Labute approximate surface area is 339 Å². The number of carbonyl (C=O) groups excluding carboxylic acids is 4. The number of phenolic OH excluding ortho intramolecular Hbond substituents is 1. The third-order valence-electron chi connectivity index (χ3n) is 11.4. The van der Waals surface area contributed by atoms with E-state index in [2.05, 4.69) is 17.6 Å². The Morgan fingerprint density at radius 2 is 1.57 bits per heavy atom. The minimum Gasteiger partial charge on any atom is -0.508 e. The second-order valence-corrected chi connectivity index (χ2v) is 15.4. The maximum Gasteiger partial charge on any atom is 0.355 e. The van der Waals surface area contributed by atoms with Crippen LogP contribution in [0.2, 0.25) is 0 Å². The van der Waals surface area contributed by atoms with Crippen molar-refractivity contribution in [1.82, 2.24) is 20.2 Å². The quantitative estimate of drug-likeness (QED) is 0.0474. The number of carboxylic acids is 1. The molecular formula is C44H58N4O10. The highest BCUT2D eigenvalue weighted by atomic mass is 16.6. The number of nitrogens with one attached hydrogen (secondary N) is 2. The summed E-state index contributed by atoms with van der Waals surface area (Å²) in [5.41, 5.74) is 1.34. The first-order valence-electron chi connectivity index (χ1n) is 21.0. The second-order valence-electron chi connectivity index (χ2n) is 15.4. The number of carboxylic acid groups (broad SMARTS) is 1. The van der Waals surface area contributed by atoms with Crippen molar-refractivity contribution >= 4 is 40.6 Å². The van der Waals surface area contributed by atoms with Gasteiger partial charge in [0.1, 0.15) is 24.9 Å². The second kappa shape index (κ2) is 20.4. The molecule has 0 radical (unpaired) electrons. The van der Waals surface area contributed by atoms with Gasteiger partial charge in [0.25, 0.3) is 5.56 Å². The highest BCUT2D eigenvalue weighted by Crippen LogP contribution is 2.42. The minimum atomic E-state index is -1.98. The van der Waals surface area contributed by atoms with Crippen molar-refractivity contribution in [3.63, 3.8) is 0 Å². The summed E-state index contributed by atoms with van der Waals surface area (Å²) in [6, 6.07) is 5.26. The van der Waals surface area contributed by atoms with Gasteiger partial charge in [-0.3, -0.25) is 19.2 Å². The first kappa shape index (κ1) is 43.8. The number of aliphatic carboxylic acids is 1. The van der Waals surface area contributed by atoms with E-state index in [4.69, 9.17) is 14.5 Å². The van der Waals surface area contributed by atoms with Crippen LogP contribution >= 0.6 is 0 Å². The van der Waals surface area contributed by atoms with Crippen LogP contribution in [-0.2, 0) is 58.6 Å². The highest BCUT2D eigenvalue weighted by molar-refractivity contribution is 5.91. The molecule has 2 atom stereocenters. The van der Waals surface area contributed by atoms with Gasteiger partial charge in [0.05, 0.1) is 29.0 Å². The Kier molecular flexibility index (Phi) is 15.4. The molecule has 3 aromatic rings. The molecule has 0 spiro atoms. The Bertz CT molecular complexity index is 2060. The largest absolute Gasteiger partial charge is 0.508 e. The molecule has 58 heavy (non-hydrogen) atoms. The van der Waals surface area contributed by atoms with Crippen LogP contribution in [0.25, 0.3) is 22.3 Å². The third kappa shape index (κ3) is 10.2. The molecule has 0 saturated heterocycles. The van der Waals surface area contributed by atoms with E-state index < -0.39 is 53.5 Å². The fourth-order valence-electron chi connectivity index (χ4n) is 8.13. The van der Waals surface area contributed by atoms with Crippen molar-refractivity contribution in [2.75, 3.05) is 6.54 Å². The Morgan fingerprint density at radius 3 is 2.21 bits per heavy atom. The van der Waals surface area contributed by atoms with E-state index in [1.807, 2.05) is 6.92 Å². The number of cyclic esters (lactones) is 1. The van der Waals surface area contributed by atoms with Gasteiger partial charge >= 0.3 is 17.9 Å². The molecule has 14 nitrogen and oxygen atoms in total. The lowest BCUT2D eigenvalue weighted by Crippen LogP contribution is -2.48. The fraction of sp³-hybridized carbons (Fsp3) is 0.568. The molecule has 2 aliphatic rings. The number of carbonyl (C=O) groups is 5. The van der Waals surface area contributed by atoms with Crippen molar-refractivity contribution in [3.8, 4) is 17.1 Å². The lowest BCUT2D eigenvalue weighted by atomic mass is 9.85. The Hall–Kier alpha value is -5.27. The van der Waals surface area contributed by atoms with Crippen molar-refractivity contribution < 1.29 is 43.7 Å². The summed E-state index contributed by atoms with van der Waals surface area (Å²) in [5, 5.41) is 25.5. The number of hydrogen-bond donors (Lipinski definition) is 4. The summed E-state index contributed by atoms with van der Waals surface area (Å²) < 4.78 is 12.8. The lowest BCUT2D eigenvalue weighted by Gasteiger charge is -2.35. The van der Waals surface area contributed by atoms with Gasteiger partial charge in [0.15, 0.2) is 0 Å². The number of hydrogen-bond acceptors (Lipinski definition) is 10. The summed E-state index contributed by atoms with van der Waals surface area (Å²) in [4.78, 5) is 82.6. The zero-order chi connectivity index (χ0) is 41.8. The zero-order valence-corrected chi connectivity index (χ0v) is 34.1. The molecule has 0 aliphatic carbocycles. The monoisotopic (exact) mass is 802 g/mol. The molecule has 14 heteroatoms. The standard InChI is InChI=1S/C44H58N4O10/c1-4-7-8-9-10-11-12-13-14-15-16-17-18-38(51)46-35(42(54)55)21-22-37(50)45-25-39(52)58-44(6-3)33-24-36-40-31(26-48(36)41(53)32(33)27-57-43(44)56)29(5-2)30-23-28(49)19-20-34(30)47-40/h19-20,23-24,35,49H,4-18,21-22,25-27H2,1-3H3,(H,45,50)(H,46,51)(H,54,55)/t35-,44-/m0/s1. The molecular weight excluding hydrogens is 745 g/mol. The molecule has 2 amide bonds. The van der Waals surface area contributed by atoms with Crippen molar-refractivity contribution in [3.05, 3.63) is 56.9 Å². The van der Waals surface area contributed by atoms with Crippen LogP contribution in [-0.4, -0.2) is 62.1 Å². The maximum absolute atomic E-state index is 14.0. The van der Waals surface area contributed by atoms with E-state index in [-0.39, 0.29) is 55.7 Å². The fourth-order valence-corrected chi connectivity index (χ4v) is 8.13. The number of nitrogens with zero attached hydrogens (tertiary/aromatic N) is 2. The topological polar surface area (TPSA) is 203 Å². The number of pyridine rings is 2. The number of ether oxygens (including phenoxy) is 2.